The molecule has 0 saturated carbocycles. The van der Waals surface area contributed by atoms with Crippen LogP contribution >= 0.6 is 0 Å². The van der Waals surface area contributed by atoms with Gasteiger partial charge in [-0.2, -0.15) is 0 Å². The Morgan fingerprint density at radius 1 is 1.29 bits per heavy atom. The monoisotopic (exact) mass is 378 g/mol. The first-order valence-corrected chi connectivity index (χ1v) is 9.31. The summed E-state index contributed by atoms with van der Waals surface area (Å²) in [5, 5.41) is 0. The second-order valence-corrected chi connectivity index (χ2v) is 7.11. The smallest absolute Gasteiger partial charge is 0.253 e. The van der Waals surface area contributed by atoms with Crippen molar-refractivity contribution in [2.24, 2.45) is 5.92 Å². The van der Waals surface area contributed by atoms with E-state index in [1.807, 2.05) is 17.4 Å². The predicted molar refractivity (Wildman–Crippen MR) is 106 cm³/mol. The second-order valence-electron chi connectivity index (χ2n) is 7.11. The van der Waals surface area contributed by atoms with Crippen molar-refractivity contribution in [3.05, 3.63) is 65.0 Å². The number of carbonyl (C=O) groups excluding carboxylic acids is 1. The van der Waals surface area contributed by atoms with Crippen LogP contribution in [0.2, 0.25) is 0 Å². The number of nitrogens with zero attached hydrogens (tertiary/aromatic N) is 4. The third-order valence-corrected chi connectivity index (χ3v) is 5.02. The lowest BCUT2D eigenvalue weighted by atomic mass is 9.97. The summed E-state index contributed by atoms with van der Waals surface area (Å²) in [4.78, 5) is 37.0. The molecule has 1 unspecified atom stereocenters. The predicted octanol–water partition coefficient (Wildman–Crippen LogP) is 1.77. The molecule has 3 N–H and O–H groups in total. The molecular formula is C20H22N6O2. The van der Waals surface area contributed by atoms with Crippen molar-refractivity contribution in [2.45, 2.75) is 19.4 Å². The molecule has 0 bridgehead atoms. The molecule has 0 radical (unpaired) electrons. The highest BCUT2D eigenvalue weighted by molar-refractivity contribution is 5.94. The van der Waals surface area contributed by atoms with Gasteiger partial charge >= 0.3 is 0 Å². The first-order chi connectivity index (χ1) is 13.6. The van der Waals surface area contributed by atoms with E-state index in [0.717, 1.165) is 38.0 Å². The van der Waals surface area contributed by atoms with E-state index in [0.29, 0.717) is 17.2 Å². The maximum absolute atomic E-state index is 12.9. The quantitative estimate of drug-likeness (QED) is 0.719. The van der Waals surface area contributed by atoms with Crippen LogP contribution in [-0.4, -0.2) is 43.4 Å². The summed E-state index contributed by atoms with van der Waals surface area (Å²) in [6, 6.07) is 8.52. The largest absolute Gasteiger partial charge is 0.369 e. The highest BCUT2D eigenvalue weighted by Crippen LogP contribution is 2.22. The Hall–Kier alpha value is -3.42. The zero-order chi connectivity index (χ0) is 19.5. The average molecular weight is 378 g/mol. The third-order valence-electron chi connectivity index (χ3n) is 5.02. The van der Waals surface area contributed by atoms with Gasteiger partial charge in [0.1, 0.15) is 0 Å². The Morgan fingerprint density at radius 2 is 2.11 bits per heavy atom. The Bertz CT molecular complexity index is 1010. The fraction of sp³-hybridized carbons (Fsp3) is 0.300. The Balaban J connectivity index is 1.46. The third kappa shape index (κ3) is 3.95. The zero-order valence-corrected chi connectivity index (χ0v) is 15.4. The van der Waals surface area contributed by atoms with Gasteiger partial charge in [0.25, 0.3) is 11.5 Å². The Labute approximate surface area is 162 Å². The molecular weight excluding hydrogens is 356 g/mol. The number of anilines is 1. The van der Waals surface area contributed by atoms with Gasteiger partial charge in [0.05, 0.1) is 12.0 Å². The van der Waals surface area contributed by atoms with Crippen molar-refractivity contribution in [2.75, 3.05) is 18.8 Å². The van der Waals surface area contributed by atoms with E-state index in [1.165, 1.54) is 6.07 Å². The number of aromatic nitrogens is 4. The number of carbonyl (C=O) groups is 1. The molecule has 8 heteroatoms. The van der Waals surface area contributed by atoms with E-state index in [9.17, 15) is 9.59 Å². The number of piperidine rings is 1. The van der Waals surface area contributed by atoms with Gasteiger partial charge in [0.2, 0.25) is 5.95 Å². The molecule has 4 rings (SSSR count). The minimum Gasteiger partial charge on any atom is -0.369 e. The molecule has 3 aromatic rings. The second kappa shape index (κ2) is 7.67. The van der Waals surface area contributed by atoms with E-state index in [2.05, 4.69) is 19.5 Å². The summed E-state index contributed by atoms with van der Waals surface area (Å²) in [5.41, 5.74) is 7.15. The van der Waals surface area contributed by atoms with Gasteiger partial charge in [-0.25, -0.2) is 9.97 Å². The standard InChI is InChI=1S/C20H22N6O2/c21-20-23-17(10-18(27)24-20)15-3-5-16(6-4-15)19(28)26-8-1-2-14(12-26)11-25-9-7-22-13-25/h3-7,9-10,13-14H,1-2,8,11-12H2,(H3,21,23,24,27). The van der Waals surface area contributed by atoms with Crippen LogP contribution in [-0.2, 0) is 6.54 Å². The number of amides is 1. The normalized spacial score (nSPS) is 16.9. The molecule has 1 fully saturated rings. The molecule has 1 amide bonds. The van der Waals surface area contributed by atoms with Gasteiger partial charge in [0.15, 0.2) is 0 Å². The van der Waals surface area contributed by atoms with Gasteiger partial charge in [-0.05, 0) is 30.9 Å². The molecule has 8 nitrogen and oxygen atoms in total. The molecule has 1 aliphatic heterocycles. The lowest BCUT2D eigenvalue weighted by molar-refractivity contribution is 0.0662. The first kappa shape index (κ1) is 18.0. The van der Waals surface area contributed by atoms with Crippen molar-refractivity contribution < 1.29 is 4.79 Å². The minimum atomic E-state index is -0.306. The summed E-state index contributed by atoms with van der Waals surface area (Å²) >= 11 is 0. The molecule has 1 aliphatic rings. The number of H-pyrrole nitrogens is 1. The van der Waals surface area contributed by atoms with Crippen molar-refractivity contribution in [3.63, 3.8) is 0 Å². The average Bonchev–Trinajstić information content (AvgIpc) is 3.20. The van der Waals surface area contributed by atoms with Crippen LogP contribution in [0.15, 0.2) is 53.8 Å². The summed E-state index contributed by atoms with van der Waals surface area (Å²) in [5.74, 6) is 0.523. The van der Waals surface area contributed by atoms with Crippen LogP contribution in [0, 0.1) is 5.92 Å². The zero-order valence-electron chi connectivity index (χ0n) is 15.4. The van der Waals surface area contributed by atoms with Gasteiger partial charge in [-0.1, -0.05) is 12.1 Å². The number of nitrogen functional groups attached to an aromatic ring is 1. The molecule has 0 aliphatic carbocycles. The molecule has 2 aromatic heterocycles. The van der Waals surface area contributed by atoms with E-state index in [-0.39, 0.29) is 17.4 Å². The number of aromatic amines is 1. The number of hydrogen-bond donors (Lipinski definition) is 2. The fourth-order valence-corrected chi connectivity index (χ4v) is 3.68. The fourth-order valence-electron chi connectivity index (χ4n) is 3.68. The molecule has 1 atom stereocenters. The molecule has 3 heterocycles. The molecule has 144 valence electrons. The summed E-state index contributed by atoms with van der Waals surface area (Å²) in [6.45, 7) is 2.39. The number of nitrogens with one attached hydrogen (secondary N) is 1. The van der Waals surface area contributed by atoms with Crippen LogP contribution in [0.5, 0.6) is 0 Å². The first-order valence-electron chi connectivity index (χ1n) is 9.31. The van der Waals surface area contributed by atoms with E-state index < -0.39 is 0 Å². The highest BCUT2D eigenvalue weighted by Gasteiger charge is 2.24. The number of hydrogen-bond acceptors (Lipinski definition) is 5. The number of likely N-dealkylation sites (tertiary alicyclic amines) is 1. The lowest BCUT2D eigenvalue weighted by Gasteiger charge is -2.33. The van der Waals surface area contributed by atoms with Crippen molar-refractivity contribution >= 4 is 11.9 Å². The summed E-state index contributed by atoms with van der Waals surface area (Å²) in [7, 11) is 0. The number of benzene rings is 1. The van der Waals surface area contributed by atoms with E-state index in [4.69, 9.17) is 5.73 Å². The van der Waals surface area contributed by atoms with Crippen LogP contribution in [0.4, 0.5) is 5.95 Å². The van der Waals surface area contributed by atoms with Gasteiger partial charge in [0, 0.05) is 49.2 Å². The molecule has 1 saturated heterocycles. The molecule has 28 heavy (non-hydrogen) atoms. The summed E-state index contributed by atoms with van der Waals surface area (Å²) < 4.78 is 2.06. The maximum Gasteiger partial charge on any atom is 0.253 e. The Kier molecular flexibility index (Phi) is 4.92. The number of rotatable bonds is 4. The topological polar surface area (TPSA) is 110 Å². The van der Waals surface area contributed by atoms with E-state index in [1.54, 1.807) is 30.5 Å². The maximum atomic E-state index is 12.9. The molecule has 1 aromatic carbocycles. The SMILES string of the molecule is Nc1nc(-c2ccc(C(=O)N3CCCC(Cn4ccnc4)C3)cc2)cc(=O)[nH]1. The lowest BCUT2D eigenvalue weighted by Crippen LogP contribution is -2.41. The number of imidazole rings is 1. The highest BCUT2D eigenvalue weighted by atomic mass is 16.2. The summed E-state index contributed by atoms with van der Waals surface area (Å²) in [6.07, 6.45) is 7.65. The van der Waals surface area contributed by atoms with Crippen molar-refractivity contribution in [1.29, 1.82) is 0 Å². The molecule has 0 spiro atoms. The van der Waals surface area contributed by atoms with Crippen LogP contribution in [0.1, 0.15) is 23.2 Å². The van der Waals surface area contributed by atoms with Gasteiger partial charge in [-0.3, -0.25) is 14.6 Å². The van der Waals surface area contributed by atoms with Crippen LogP contribution in [0.25, 0.3) is 11.3 Å². The van der Waals surface area contributed by atoms with Crippen LogP contribution < -0.4 is 11.3 Å². The van der Waals surface area contributed by atoms with Crippen LogP contribution in [0.3, 0.4) is 0 Å². The van der Waals surface area contributed by atoms with Gasteiger partial charge in [-0.15, -0.1) is 0 Å². The number of nitrogens with two attached hydrogens (primary N) is 1. The van der Waals surface area contributed by atoms with Gasteiger partial charge < -0.3 is 15.2 Å². The van der Waals surface area contributed by atoms with Crippen molar-refractivity contribution in [1.82, 2.24) is 24.4 Å². The van der Waals surface area contributed by atoms with E-state index >= 15 is 0 Å². The minimum absolute atomic E-state index is 0.0280. The Morgan fingerprint density at radius 3 is 2.82 bits per heavy atom. The van der Waals surface area contributed by atoms with Crippen molar-refractivity contribution in [3.8, 4) is 11.3 Å².